The van der Waals surface area contributed by atoms with E-state index in [1.807, 2.05) is 6.07 Å². The van der Waals surface area contributed by atoms with Gasteiger partial charge in [-0.15, -0.1) is 5.14 Å². The van der Waals surface area contributed by atoms with Crippen LogP contribution in [0.5, 0.6) is 0 Å². The maximum atomic E-state index is 13.0. The molecule has 14 heteroatoms. The topological polar surface area (TPSA) is 198 Å². The van der Waals surface area contributed by atoms with Crippen molar-refractivity contribution in [1.82, 2.24) is 14.9 Å². The summed E-state index contributed by atoms with van der Waals surface area (Å²) < 4.78 is 28.2. The third-order valence-electron chi connectivity index (χ3n) is 5.97. The van der Waals surface area contributed by atoms with Crippen LogP contribution in [0.25, 0.3) is 11.3 Å². The number of benzene rings is 2. The molecule has 1 aromatic heterocycles. The molecule has 0 fully saturated rings. The highest BCUT2D eigenvalue weighted by molar-refractivity contribution is 7.89. The van der Waals surface area contributed by atoms with E-state index >= 15 is 0 Å². The van der Waals surface area contributed by atoms with Crippen molar-refractivity contribution >= 4 is 34.9 Å². The van der Waals surface area contributed by atoms with E-state index in [-0.39, 0.29) is 24.7 Å². The first-order chi connectivity index (χ1) is 21.0. The number of rotatable bonds is 15. The third kappa shape index (κ3) is 11.4. The summed E-state index contributed by atoms with van der Waals surface area (Å²) in [7, 11) is 0. The molecule has 13 nitrogen and oxygen atoms in total. The summed E-state index contributed by atoms with van der Waals surface area (Å²) in [4.78, 5) is 35.9. The summed E-state index contributed by atoms with van der Waals surface area (Å²) in [6.45, 7) is 7.30. The van der Waals surface area contributed by atoms with Gasteiger partial charge < -0.3 is 39.8 Å². The molecule has 0 radical (unpaired) electrons. The van der Waals surface area contributed by atoms with Crippen LogP contribution in [0.4, 0.5) is 16.3 Å². The molecular weight excluding hydrogens is 588 g/mol. The highest BCUT2D eigenvalue weighted by Gasteiger charge is 2.21. The SMILES string of the molecule is CC(C)(C)OC(=O)N(CCCO)CCOCCOCc1cccc(NC(=O)c2nc(-c3ccc([S+](N)[O-])cc3)cnc2N)c1. The van der Waals surface area contributed by atoms with Crippen molar-refractivity contribution in [2.45, 2.75) is 44.3 Å². The number of aromatic nitrogens is 2. The lowest BCUT2D eigenvalue weighted by Crippen LogP contribution is -2.39. The Balaban J connectivity index is 1.47. The van der Waals surface area contributed by atoms with Crippen LogP contribution in [-0.4, -0.2) is 81.6 Å². The monoisotopic (exact) mass is 628 g/mol. The Hall–Kier alpha value is -3.79. The number of amides is 2. The van der Waals surface area contributed by atoms with Crippen molar-refractivity contribution in [2.75, 3.05) is 50.6 Å². The number of nitrogens with zero attached hydrogens (tertiary/aromatic N) is 3. The molecule has 238 valence electrons. The molecule has 3 aromatic rings. The largest absolute Gasteiger partial charge is 0.593 e. The Bertz CT molecular complexity index is 1370. The van der Waals surface area contributed by atoms with E-state index in [9.17, 15) is 14.1 Å². The summed E-state index contributed by atoms with van der Waals surface area (Å²) in [5.41, 5.74) is 7.74. The van der Waals surface area contributed by atoms with Gasteiger partial charge in [0.15, 0.2) is 16.4 Å². The fraction of sp³-hybridized carbons (Fsp3) is 0.400. The molecule has 0 aliphatic carbocycles. The molecule has 3 rings (SSSR count). The number of anilines is 2. The van der Waals surface area contributed by atoms with Crippen LogP contribution in [-0.2, 0) is 32.2 Å². The Morgan fingerprint density at radius 3 is 2.48 bits per heavy atom. The lowest BCUT2D eigenvalue weighted by atomic mass is 10.1. The van der Waals surface area contributed by atoms with Gasteiger partial charge in [-0.25, -0.2) is 14.8 Å². The predicted molar refractivity (Wildman–Crippen MR) is 167 cm³/mol. The van der Waals surface area contributed by atoms with Gasteiger partial charge in [0.05, 0.1) is 49.7 Å². The highest BCUT2D eigenvalue weighted by Crippen LogP contribution is 2.21. The van der Waals surface area contributed by atoms with E-state index in [4.69, 9.17) is 30.2 Å². The maximum Gasteiger partial charge on any atom is 0.410 e. The fourth-order valence-corrected chi connectivity index (χ4v) is 4.27. The molecule has 0 aliphatic heterocycles. The predicted octanol–water partition coefficient (Wildman–Crippen LogP) is 3.11. The first-order valence-electron chi connectivity index (χ1n) is 14.0. The summed E-state index contributed by atoms with van der Waals surface area (Å²) in [6, 6.07) is 13.8. The second-order valence-corrected chi connectivity index (χ2v) is 11.7. The Kier molecular flexibility index (Phi) is 13.3. The van der Waals surface area contributed by atoms with Gasteiger partial charge in [0.25, 0.3) is 5.91 Å². The molecule has 2 amide bonds. The molecule has 0 saturated carbocycles. The molecule has 0 saturated heterocycles. The number of carbonyl (C=O) groups excluding carboxylic acids is 2. The molecule has 0 aliphatic rings. The number of nitrogens with two attached hydrogens (primary N) is 2. The smallest absolute Gasteiger partial charge is 0.410 e. The second kappa shape index (κ2) is 16.9. The van der Waals surface area contributed by atoms with E-state index in [0.29, 0.717) is 61.2 Å². The van der Waals surface area contributed by atoms with Crippen molar-refractivity contribution in [3.05, 3.63) is 66.0 Å². The van der Waals surface area contributed by atoms with Crippen LogP contribution >= 0.6 is 0 Å². The normalized spacial score (nSPS) is 12.0. The van der Waals surface area contributed by atoms with E-state index in [0.717, 1.165) is 5.56 Å². The van der Waals surface area contributed by atoms with Crippen molar-refractivity contribution in [3.8, 4) is 11.3 Å². The number of nitrogen functional groups attached to an aromatic ring is 1. The Morgan fingerprint density at radius 1 is 1.07 bits per heavy atom. The number of hydrogen-bond acceptors (Lipinski definition) is 11. The van der Waals surface area contributed by atoms with Gasteiger partial charge >= 0.3 is 6.09 Å². The van der Waals surface area contributed by atoms with E-state index in [1.54, 1.807) is 63.2 Å². The minimum atomic E-state index is -1.60. The average Bonchev–Trinajstić information content (AvgIpc) is 2.97. The van der Waals surface area contributed by atoms with Crippen LogP contribution in [0, 0.1) is 0 Å². The fourth-order valence-electron chi connectivity index (χ4n) is 3.86. The van der Waals surface area contributed by atoms with Crippen LogP contribution in [0.3, 0.4) is 0 Å². The van der Waals surface area contributed by atoms with Crippen molar-refractivity contribution in [3.63, 3.8) is 0 Å². The average molecular weight is 629 g/mol. The minimum absolute atomic E-state index is 0.0203. The van der Waals surface area contributed by atoms with Gasteiger partial charge in [0.2, 0.25) is 0 Å². The summed E-state index contributed by atoms with van der Waals surface area (Å²) in [6.07, 6.45) is 1.46. The van der Waals surface area contributed by atoms with E-state index in [2.05, 4.69) is 15.3 Å². The molecular formula is C30H40N6O7S. The van der Waals surface area contributed by atoms with Gasteiger partial charge in [-0.3, -0.25) is 4.79 Å². The summed E-state index contributed by atoms with van der Waals surface area (Å²) in [5, 5.41) is 17.3. The lowest BCUT2D eigenvalue weighted by molar-refractivity contribution is 0.00837. The molecule has 44 heavy (non-hydrogen) atoms. The lowest BCUT2D eigenvalue weighted by Gasteiger charge is -2.27. The van der Waals surface area contributed by atoms with Gasteiger partial charge in [-0.1, -0.05) is 12.1 Å². The number of nitrogens with one attached hydrogen (secondary N) is 1. The zero-order valence-corrected chi connectivity index (χ0v) is 26.0. The van der Waals surface area contributed by atoms with Gasteiger partial charge in [0, 0.05) is 30.9 Å². The second-order valence-electron chi connectivity index (χ2n) is 10.7. The highest BCUT2D eigenvalue weighted by atomic mass is 32.2. The van der Waals surface area contributed by atoms with Crippen molar-refractivity contribution in [1.29, 1.82) is 0 Å². The summed E-state index contributed by atoms with van der Waals surface area (Å²) in [5.74, 6) is -0.546. The molecule has 0 spiro atoms. The third-order valence-corrected chi connectivity index (χ3v) is 6.70. The zero-order chi connectivity index (χ0) is 32.1. The Labute approximate surface area is 260 Å². The molecule has 2 aromatic carbocycles. The molecule has 1 atom stereocenters. The van der Waals surface area contributed by atoms with E-state index in [1.165, 1.54) is 11.1 Å². The number of hydrogen-bond donors (Lipinski definition) is 4. The molecule has 1 unspecified atom stereocenters. The number of aliphatic hydroxyl groups excluding tert-OH is 1. The van der Waals surface area contributed by atoms with E-state index < -0.39 is 29.0 Å². The van der Waals surface area contributed by atoms with Gasteiger partial charge in [-0.2, -0.15) is 0 Å². The number of carbonyl (C=O) groups is 2. The molecule has 1 heterocycles. The number of aliphatic hydroxyl groups is 1. The quantitative estimate of drug-likeness (QED) is 0.142. The standard InChI is InChI=1S/C30H40N6O7S/c1-30(2,3)43-29(39)36(12-5-14-37)13-15-41-16-17-42-20-21-6-4-7-23(18-21)34-28(38)26-27(31)33-19-25(35-26)22-8-10-24(11-9-22)44(32)40/h4,6-11,18-19,37H,5,12-17,20,32H2,1-3H3,(H2,31,33)(H,34,38). The molecule has 0 bridgehead atoms. The first-order valence-corrected chi connectivity index (χ1v) is 15.2. The summed E-state index contributed by atoms with van der Waals surface area (Å²) >= 11 is -1.60. The van der Waals surface area contributed by atoms with Crippen LogP contribution < -0.4 is 16.2 Å². The van der Waals surface area contributed by atoms with Gasteiger partial charge in [-0.05, 0) is 69.2 Å². The molecule has 6 N–H and O–H groups in total. The number of ether oxygens (including phenoxy) is 3. The van der Waals surface area contributed by atoms with Crippen molar-refractivity contribution < 1.29 is 33.5 Å². The van der Waals surface area contributed by atoms with Crippen LogP contribution in [0.15, 0.2) is 59.6 Å². The van der Waals surface area contributed by atoms with Crippen LogP contribution in [0.2, 0.25) is 0 Å². The maximum absolute atomic E-state index is 13.0. The first kappa shape index (κ1) is 34.7. The minimum Gasteiger partial charge on any atom is -0.593 e. The van der Waals surface area contributed by atoms with Gasteiger partial charge in [0.1, 0.15) is 5.60 Å². The van der Waals surface area contributed by atoms with Crippen LogP contribution in [0.1, 0.15) is 43.2 Å². The Morgan fingerprint density at radius 2 is 1.80 bits per heavy atom. The van der Waals surface area contributed by atoms with Crippen molar-refractivity contribution in [2.24, 2.45) is 5.14 Å². The zero-order valence-electron chi connectivity index (χ0n) is 25.2.